The van der Waals surface area contributed by atoms with Gasteiger partial charge in [0.25, 0.3) is 0 Å². The molecule has 1 aromatic rings. The highest BCUT2D eigenvalue weighted by atomic mass is 16.5. The number of nitrogens with zero attached hydrogens (tertiary/aromatic N) is 2. The molecule has 0 aliphatic rings. The predicted molar refractivity (Wildman–Crippen MR) is 94.6 cm³/mol. The molecule has 1 unspecified atom stereocenters. The van der Waals surface area contributed by atoms with Crippen LogP contribution in [-0.2, 0) is 9.59 Å². The molecule has 0 fully saturated rings. The number of hydrogen-bond acceptors (Lipinski definition) is 4. The van der Waals surface area contributed by atoms with E-state index in [1.54, 1.807) is 17.9 Å². The lowest BCUT2D eigenvalue weighted by atomic mass is 9.84. The Morgan fingerprint density at radius 2 is 1.92 bits per heavy atom. The van der Waals surface area contributed by atoms with E-state index in [9.17, 15) is 9.59 Å². The third kappa shape index (κ3) is 7.15. The zero-order chi connectivity index (χ0) is 18.5. The Morgan fingerprint density at radius 3 is 2.38 bits per heavy atom. The van der Waals surface area contributed by atoms with E-state index in [1.807, 2.05) is 13.8 Å². The topological polar surface area (TPSA) is 75.4 Å². The highest BCUT2D eigenvalue weighted by Crippen LogP contribution is 2.26. The Labute approximate surface area is 145 Å². The van der Waals surface area contributed by atoms with Gasteiger partial charge in [0, 0.05) is 18.5 Å². The number of rotatable bonds is 7. The largest absolute Gasteiger partial charge is 0.360 e. The lowest BCUT2D eigenvalue weighted by Gasteiger charge is -2.29. The number of nitrogens with one attached hydrogen (secondary N) is 1. The molecular weight excluding hydrogens is 306 g/mol. The summed E-state index contributed by atoms with van der Waals surface area (Å²) in [7, 11) is 0. The van der Waals surface area contributed by atoms with Crippen LogP contribution in [0, 0.1) is 18.3 Å². The number of carbonyl (C=O) groups excluding carboxylic acids is 2. The summed E-state index contributed by atoms with van der Waals surface area (Å²) < 4.78 is 4.92. The minimum Gasteiger partial charge on any atom is -0.360 e. The highest BCUT2D eigenvalue weighted by molar-refractivity contribution is 5.93. The molecule has 2 amide bonds. The van der Waals surface area contributed by atoms with Crippen molar-refractivity contribution in [1.82, 2.24) is 10.1 Å². The molecule has 1 rings (SSSR count). The Balaban J connectivity index is 2.62. The third-order valence-electron chi connectivity index (χ3n) is 3.64. The Kier molecular flexibility index (Phi) is 6.99. The summed E-state index contributed by atoms with van der Waals surface area (Å²) in [5.41, 5.74) is 0.185. The molecule has 1 N–H and O–H groups in total. The smallest absolute Gasteiger partial charge is 0.245 e. The SMILES string of the molecule is Cc1cc(NC(=O)CN(C(=O)CC(C)CC(C)(C)C)C(C)C)no1. The number of amides is 2. The van der Waals surface area contributed by atoms with Crippen LogP contribution in [0.25, 0.3) is 0 Å². The van der Waals surface area contributed by atoms with E-state index in [2.05, 4.69) is 38.2 Å². The summed E-state index contributed by atoms with van der Waals surface area (Å²) in [5, 5.41) is 6.39. The number of aryl methyl sites for hydroxylation is 1. The van der Waals surface area contributed by atoms with Crippen LogP contribution in [0.1, 0.15) is 60.1 Å². The fourth-order valence-corrected chi connectivity index (χ4v) is 2.85. The fraction of sp³-hybridized carbons (Fsp3) is 0.722. The maximum atomic E-state index is 12.6. The molecule has 0 saturated heterocycles. The van der Waals surface area contributed by atoms with Crippen LogP contribution in [0.5, 0.6) is 0 Å². The first-order valence-corrected chi connectivity index (χ1v) is 8.50. The number of anilines is 1. The van der Waals surface area contributed by atoms with Gasteiger partial charge in [0.2, 0.25) is 11.8 Å². The maximum Gasteiger partial charge on any atom is 0.245 e. The van der Waals surface area contributed by atoms with Crippen LogP contribution in [0.2, 0.25) is 0 Å². The summed E-state index contributed by atoms with van der Waals surface area (Å²) >= 11 is 0. The van der Waals surface area contributed by atoms with Gasteiger partial charge in [0.15, 0.2) is 5.82 Å². The van der Waals surface area contributed by atoms with Crippen molar-refractivity contribution in [2.24, 2.45) is 11.3 Å². The predicted octanol–water partition coefficient (Wildman–Crippen LogP) is 3.62. The molecule has 0 aromatic carbocycles. The first kappa shape index (κ1) is 20.2. The number of aromatic nitrogens is 1. The molecule has 6 heteroatoms. The molecular formula is C18H31N3O3. The van der Waals surface area contributed by atoms with Gasteiger partial charge >= 0.3 is 0 Å². The van der Waals surface area contributed by atoms with E-state index in [0.29, 0.717) is 18.0 Å². The quantitative estimate of drug-likeness (QED) is 0.824. The van der Waals surface area contributed by atoms with E-state index in [1.165, 1.54) is 0 Å². The van der Waals surface area contributed by atoms with Crippen LogP contribution < -0.4 is 5.32 Å². The molecule has 1 heterocycles. The Morgan fingerprint density at radius 1 is 1.29 bits per heavy atom. The van der Waals surface area contributed by atoms with E-state index < -0.39 is 0 Å². The monoisotopic (exact) mass is 337 g/mol. The zero-order valence-corrected chi connectivity index (χ0v) is 16.0. The minimum atomic E-state index is -0.270. The lowest BCUT2D eigenvalue weighted by molar-refractivity contribution is -0.137. The van der Waals surface area contributed by atoms with Gasteiger partial charge in [-0.3, -0.25) is 9.59 Å². The van der Waals surface area contributed by atoms with Crippen molar-refractivity contribution in [2.45, 2.75) is 67.3 Å². The molecule has 0 spiro atoms. The summed E-state index contributed by atoms with van der Waals surface area (Å²) in [5.74, 6) is 1.01. The molecule has 0 aliphatic carbocycles. The van der Waals surface area contributed by atoms with Crippen molar-refractivity contribution >= 4 is 17.6 Å². The van der Waals surface area contributed by atoms with Crippen molar-refractivity contribution < 1.29 is 14.1 Å². The average Bonchev–Trinajstić information content (AvgIpc) is 2.78. The summed E-state index contributed by atoms with van der Waals surface area (Å²) in [4.78, 5) is 26.4. The van der Waals surface area contributed by atoms with Crippen molar-refractivity contribution in [2.75, 3.05) is 11.9 Å². The first-order chi connectivity index (χ1) is 11.0. The van der Waals surface area contributed by atoms with Crippen LogP contribution in [-0.4, -0.2) is 34.5 Å². The molecule has 1 atom stereocenters. The van der Waals surface area contributed by atoms with Gasteiger partial charge in [-0.2, -0.15) is 0 Å². The average molecular weight is 337 g/mol. The second kappa shape index (κ2) is 8.31. The fourth-order valence-electron chi connectivity index (χ4n) is 2.85. The first-order valence-electron chi connectivity index (χ1n) is 8.50. The number of carbonyl (C=O) groups is 2. The normalized spacial score (nSPS) is 13.0. The summed E-state index contributed by atoms with van der Waals surface area (Å²) in [6, 6.07) is 1.61. The number of hydrogen-bond donors (Lipinski definition) is 1. The molecule has 0 aliphatic heterocycles. The van der Waals surface area contributed by atoms with E-state index in [0.717, 1.165) is 6.42 Å². The molecule has 0 saturated carbocycles. The Hall–Kier alpha value is -1.85. The molecule has 0 bridgehead atoms. The van der Waals surface area contributed by atoms with Crippen molar-refractivity contribution in [3.8, 4) is 0 Å². The maximum absolute atomic E-state index is 12.6. The van der Waals surface area contributed by atoms with Crippen LogP contribution >= 0.6 is 0 Å². The second-order valence-electron chi connectivity index (χ2n) is 8.06. The summed E-state index contributed by atoms with van der Waals surface area (Å²) in [6.07, 6.45) is 1.42. The molecule has 6 nitrogen and oxygen atoms in total. The van der Waals surface area contributed by atoms with Gasteiger partial charge in [-0.05, 0) is 38.5 Å². The van der Waals surface area contributed by atoms with Crippen LogP contribution in [0.15, 0.2) is 10.6 Å². The van der Waals surface area contributed by atoms with E-state index in [4.69, 9.17) is 4.52 Å². The van der Waals surface area contributed by atoms with Crippen LogP contribution in [0.4, 0.5) is 5.82 Å². The molecule has 24 heavy (non-hydrogen) atoms. The Bertz CT molecular complexity index is 558. The summed E-state index contributed by atoms with van der Waals surface area (Å²) in [6.45, 7) is 14.2. The van der Waals surface area contributed by atoms with Crippen molar-refractivity contribution in [3.63, 3.8) is 0 Å². The molecule has 1 aromatic heterocycles. The zero-order valence-electron chi connectivity index (χ0n) is 16.0. The van der Waals surface area contributed by atoms with Gasteiger partial charge in [-0.1, -0.05) is 32.9 Å². The standard InChI is InChI=1S/C18H31N3O3/c1-12(2)21(17(23)8-13(3)10-18(5,6)7)11-16(22)19-15-9-14(4)24-20-15/h9,12-13H,8,10-11H2,1-7H3,(H,19,20,22). The molecule has 136 valence electrons. The second-order valence-corrected chi connectivity index (χ2v) is 8.06. The highest BCUT2D eigenvalue weighted by Gasteiger charge is 2.24. The van der Waals surface area contributed by atoms with Gasteiger partial charge in [-0.15, -0.1) is 0 Å². The van der Waals surface area contributed by atoms with Gasteiger partial charge < -0.3 is 14.7 Å². The van der Waals surface area contributed by atoms with Gasteiger partial charge in [-0.25, -0.2) is 0 Å². The van der Waals surface area contributed by atoms with E-state index >= 15 is 0 Å². The lowest BCUT2D eigenvalue weighted by Crippen LogP contribution is -2.43. The molecule has 0 radical (unpaired) electrons. The van der Waals surface area contributed by atoms with Crippen molar-refractivity contribution in [3.05, 3.63) is 11.8 Å². The third-order valence-corrected chi connectivity index (χ3v) is 3.64. The van der Waals surface area contributed by atoms with Gasteiger partial charge in [0.05, 0.1) is 0 Å². The minimum absolute atomic E-state index is 0.00762. The van der Waals surface area contributed by atoms with E-state index in [-0.39, 0.29) is 35.7 Å². The van der Waals surface area contributed by atoms with Crippen molar-refractivity contribution in [1.29, 1.82) is 0 Å². The van der Waals surface area contributed by atoms with Crippen LogP contribution in [0.3, 0.4) is 0 Å². The van der Waals surface area contributed by atoms with Gasteiger partial charge in [0.1, 0.15) is 12.3 Å².